The second-order valence-electron chi connectivity index (χ2n) is 5.17. The molecule has 1 aromatic rings. The molecule has 0 saturated heterocycles. The van der Waals surface area contributed by atoms with Crippen LogP contribution >= 0.6 is 0 Å². The van der Waals surface area contributed by atoms with E-state index in [1.54, 1.807) is 0 Å². The zero-order valence-electron chi connectivity index (χ0n) is 12.9. The highest BCUT2D eigenvalue weighted by molar-refractivity contribution is 7.89. The van der Waals surface area contributed by atoms with Crippen LogP contribution in [0.25, 0.3) is 0 Å². The Bertz CT molecular complexity index is 518. The second kappa shape index (κ2) is 8.96. The smallest absolute Gasteiger partial charge is 0.240 e. The first-order valence-corrected chi connectivity index (χ1v) is 8.71. The summed E-state index contributed by atoms with van der Waals surface area (Å²) in [5, 5.41) is 3.07. The van der Waals surface area contributed by atoms with Crippen molar-refractivity contribution in [3.8, 4) is 0 Å². The molecule has 1 rings (SSSR count). The van der Waals surface area contributed by atoms with E-state index in [0.717, 1.165) is 13.0 Å². The van der Waals surface area contributed by atoms with Crippen molar-refractivity contribution in [2.24, 2.45) is 5.92 Å². The van der Waals surface area contributed by atoms with Gasteiger partial charge in [-0.05, 0) is 18.4 Å². The fourth-order valence-corrected chi connectivity index (χ4v) is 2.60. The maximum atomic E-state index is 12.1. The lowest BCUT2D eigenvalue weighted by atomic mass is 10.2. The Balaban J connectivity index is 2.53. The number of ether oxygens (including phenoxy) is 1. The molecule has 0 fully saturated rings. The average Bonchev–Trinajstić information content (AvgIpc) is 2.44. The summed E-state index contributed by atoms with van der Waals surface area (Å²) in [4.78, 5) is 4.30. The molecule has 6 nitrogen and oxygen atoms in total. The van der Waals surface area contributed by atoms with Gasteiger partial charge >= 0.3 is 0 Å². The van der Waals surface area contributed by atoms with Crippen molar-refractivity contribution in [2.45, 2.75) is 32.1 Å². The Morgan fingerprint density at radius 2 is 2.10 bits per heavy atom. The first kappa shape index (κ1) is 17.9. The Kier molecular flexibility index (Phi) is 7.63. The lowest BCUT2D eigenvalue weighted by molar-refractivity contribution is 0.114. The predicted octanol–water partition coefficient (Wildman–Crippen LogP) is 1.85. The fraction of sp³-hybridized carbons (Fsp3) is 0.643. The summed E-state index contributed by atoms with van der Waals surface area (Å²) in [6.07, 6.45) is 2.44. The maximum Gasteiger partial charge on any atom is 0.240 e. The summed E-state index contributed by atoms with van der Waals surface area (Å²) in [5.74, 6) is 1.00. The predicted molar refractivity (Wildman–Crippen MR) is 83.9 cm³/mol. The number of anilines is 1. The van der Waals surface area contributed by atoms with Crippen LogP contribution in [-0.2, 0) is 14.8 Å². The number of rotatable bonds is 10. The molecule has 1 heterocycles. The summed E-state index contributed by atoms with van der Waals surface area (Å²) in [6.45, 7) is 8.14. The number of hydrogen-bond acceptors (Lipinski definition) is 5. The van der Waals surface area contributed by atoms with Crippen LogP contribution in [0, 0.1) is 5.92 Å². The Morgan fingerprint density at radius 3 is 2.76 bits per heavy atom. The van der Waals surface area contributed by atoms with Crippen LogP contribution in [0.15, 0.2) is 23.2 Å². The van der Waals surface area contributed by atoms with Crippen molar-refractivity contribution in [3.05, 3.63) is 18.3 Å². The van der Waals surface area contributed by atoms with Gasteiger partial charge in [0, 0.05) is 32.0 Å². The minimum Gasteiger partial charge on any atom is -0.380 e. The Labute approximate surface area is 127 Å². The third kappa shape index (κ3) is 6.88. The Morgan fingerprint density at radius 1 is 1.33 bits per heavy atom. The SMILES string of the molecule is CCCNc1cc(S(=O)(=O)NCCOCC(C)C)ccn1. The molecule has 0 aliphatic rings. The largest absolute Gasteiger partial charge is 0.380 e. The molecule has 1 aromatic heterocycles. The molecule has 7 heteroatoms. The quantitative estimate of drug-likeness (QED) is 0.644. The van der Waals surface area contributed by atoms with Gasteiger partial charge in [-0.15, -0.1) is 0 Å². The van der Waals surface area contributed by atoms with Gasteiger partial charge in [0.15, 0.2) is 0 Å². The summed E-state index contributed by atoms with van der Waals surface area (Å²) in [5.41, 5.74) is 0. The van der Waals surface area contributed by atoms with Crippen molar-refractivity contribution in [1.29, 1.82) is 0 Å². The molecule has 0 aliphatic carbocycles. The molecule has 0 unspecified atom stereocenters. The van der Waals surface area contributed by atoms with Crippen LogP contribution in [0.5, 0.6) is 0 Å². The molecule has 0 spiro atoms. The molecule has 0 radical (unpaired) electrons. The number of aromatic nitrogens is 1. The fourth-order valence-electron chi connectivity index (χ4n) is 1.58. The molecular formula is C14H25N3O3S. The minimum absolute atomic E-state index is 0.208. The summed E-state index contributed by atoms with van der Waals surface area (Å²) in [6, 6.07) is 3.02. The number of pyridine rings is 1. The number of nitrogens with zero attached hydrogens (tertiary/aromatic N) is 1. The van der Waals surface area contributed by atoms with Crippen molar-refractivity contribution in [1.82, 2.24) is 9.71 Å². The minimum atomic E-state index is -3.52. The average molecular weight is 315 g/mol. The molecule has 0 bridgehead atoms. The van der Waals surface area contributed by atoms with Crippen LogP contribution in [0.3, 0.4) is 0 Å². The van der Waals surface area contributed by atoms with Gasteiger partial charge in [-0.3, -0.25) is 0 Å². The summed E-state index contributed by atoms with van der Waals surface area (Å²) < 4.78 is 32.1. The van der Waals surface area contributed by atoms with Crippen LogP contribution in [0.2, 0.25) is 0 Å². The summed E-state index contributed by atoms with van der Waals surface area (Å²) >= 11 is 0. The maximum absolute atomic E-state index is 12.1. The van der Waals surface area contributed by atoms with E-state index < -0.39 is 10.0 Å². The molecular weight excluding hydrogens is 290 g/mol. The summed E-state index contributed by atoms with van der Waals surface area (Å²) in [7, 11) is -3.52. The van der Waals surface area contributed by atoms with Crippen molar-refractivity contribution in [2.75, 3.05) is 31.6 Å². The van der Waals surface area contributed by atoms with E-state index in [-0.39, 0.29) is 11.4 Å². The normalized spacial score (nSPS) is 11.8. The van der Waals surface area contributed by atoms with E-state index in [9.17, 15) is 8.42 Å². The van der Waals surface area contributed by atoms with E-state index in [4.69, 9.17) is 4.74 Å². The monoisotopic (exact) mass is 315 g/mol. The van der Waals surface area contributed by atoms with Gasteiger partial charge in [-0.1, -0.05) is 20.8 Å². The first-order valence-electron chi connectivity index (χ1n) is 7.23. The van der Waals surface area contributed by atoms with Gasteiger partial charge in [0.25, 0.3) is 0 Å². The van der Waals surface area contributed by atoms with E-state index >= 15 is 0 Å². The van der Waals surface area contributed by atoms with Gasteiger partial charge in [0.2, 0.25) is 10.0 Å². The third-order valence-electron chi connectivity index (χ3n) is 2.59. The van der Waals surface area contributed by atoms with Gasteiger partial charge in [0.1, 0.15) is 5.82 Å². The zero-order chi connectivity index (χ0) is 15.7. The molecule has 21 heavy (non-hydrogen) atoms. The standard InChI is InChI=1S/C14H25N3O3S/c1-4-6-15-14-10-13(5-7-16-14)21(18,19)17-8-9-20-11-12(2)3/h5,7,10,12,17H,4,6,8-9,11H2,1-3H3,(H,15,16). The zero-order valence-corrected chi connectivity index (χ0v) is 13.7. The molecule has 0 aliphatic heterocycles. The van der Waals surface area contributed by atoms with Crippen molar-refractivity contribution in [3.63, 3.8) is 0 Å². The first-order chi connectivity index (χ1) is 9.95. The number of sulfonamides is 1. The van der Waals surface area contributed by atoms with Gasteiger partial charge < -0.3 is 10.1 Å². The highest BCUT2D eigenvalue weighted by Gasteiger charge is 2.14. The highest BCUT2D eigenvalue weighted by Crippen LogP contribution is 2.12. The van der Waals surface area contributed by atoms with Crippen LogP contribution in [0.1, 0.15) is 27.2 Å². The van der Waals surface area contributed by atoms with Crippen LogP contribution < -0.4 is 10.0 Å². The van der Waals surface area contributed by atoms with Gasteiger partial charge in [-0.25, -0.2) is 18.1 Å². The molecule has 0 amide bonds. The molecule has 0 saturated carbocycles. The number of nitrogens with one attached hydrogen (secondary N) is 2. The third-order valence-corrected chi connectivity index (χ3v) is 4.05. The molecule has 2 N–H and O–H groups in total. The van der Waals surface area contributed by atoms with E-state index in [1.807, 2.05) is 20.8 Å². The van der Waals surface area contributed by atoms with Gasteiger partial charge in [-0.2, -0.15) is 0 Å². The van der Waals surface area contributed by atoms with E-state index in [0.29, 0.717) is 24.9 Å². The van der Waals surface area contributed by atoms with Gasteiger partial charge in [0.05, 0.1) is 11.5 Å². The van der Waals surface area contributed by atoms with E-state index in [2.05, 4.69) is 15.0 Å². The molecule has 120 valence electrons. The van der Waals surface area contributed by atoms with Crippen molar-refractivity contribution < 1.29 is 13.2 Å². The van der Waals surface area contributed by atoms with E-state index in [1.165, 1.54) is 18.3 Å². The van der Waals surface area contributed by atoms with Crippen LogP contribution in [0.4, 0.5) is 5.82 Å². The van der Waals surface area contributed by atoms with Crippen molar-refractivity contribution >= 4 is 15.8 Å². The molecule has 0 aromatic carbocycles. The second-order valence-corrected chi connectivity index (χ2v) is 6.94. The lowest BCUT2D eigenvalue weighted by Gasteiger charge is -2.10. The lowest BCUT2D eigenvalue weighted by Crippen LogP contribution is -2.28. The highest BCUT2D eigenvalue weighted by atomic mass is 32.2. The number of hydrogen-bond donors (Lipinski definition) is 2. The molecule has 0 atom stereocenters. The Hall–Kier alpha value is -1.18. The topological polar surface area (TPSA) is 80.3 Å². The van der Waals surface area contributed by atoms with Crippen LogP contribution in [-0.4, -0.2) is 39.7 Å².